The van der Waals surface area contributed by atoms with Gasteiger partial charge in [0.15, 0.2) is 0 Å². The third-order valence-corrected chi connectivity index (χ3v) is 2.32. The number of carbonyl (C=O) groups excluding carboxylic acids is 2. The van der Waals surface area contributed by atoms with E-state index in [9.17, 15) is 19.7 Å². The Labute approximate surface area is 104 Å². The number of benzene rings is 1. The molecule has 0 aliphatic rings. The molecule has 1 aromatic carbocycles. The third-order valence-electron chi connectivity index (χ3n) is 2.32. The van der Waals surface area contributed by atoms with Crippen molar-refractivity contribution in [3.63, 3.8) is 0 Å². The van der Waals surface area contributed by atoms with Gasteiger partial charge in [0.25, 0.3) is 5.69 Å². The summed E-state index contributed by atoms with van der Waals surface area (Å²) in [5, 5.41) is 10.9. The van der Waals surface area contributed by atoms with Crippen LogP contribution in [0.5, 0.6) is 0 Å². The van der Waals surface area contributed by atoms with Crippen molar-refractivity contribution < 1.29 is 19.2 Å². The summed E-state index contributed by atoms with van der Waals surface area (Å²) in [5.41, 5.74) is 0.404. The molecule has 1 aromatic rings. The molecule has 6 heteroatoms. The van der Waals surface area contributed by atoms with Crippen molar-refractivity contribution in [3.8, 4) is 0 Å². The first-order valence-corrected chi connectivity index (χ1v) is 5.48. The molecule has 0 N–H and O–H groups in total. The van der Waals surface area contributed by atoms with Crippen molar-refractivity contribution >= 4 is 17.9 Å². The molecule has 0 fully saturated rings. The molecule has 6 nitrogen and oxygen atoms in total. The van der Waals surface area contributed by atoms with Crippen LogP contribution < -0.4 is 0 Å². The summed E-state index contributed by atoms with van der Waals surface area (Å²) < 4.78 is 4.77. The SMILES string of the molecule is CCOC(=O)c1ccc(CCC=O)c([N+](=O)[O-])c1. The monoisotopic (exact) mass is 251 g/mol. The van der Waals surface area contributed by atoms with Gasteiger partial charge in [0.2, 0.25) is 0 Å². The molecule has 0 aromatic heterocycles. The third kappa shape index (κ3) is 3.38. The van der Waals surface area contributed by atoms with Crippen molar-refractivity contribution in [1.82, 2.24) is 0 Å². The van der Waals surface area contributed by atoms with Crippen molar-refractivity contribution in [2.24, 2.45) is 0 Å². The zero-order chi connectivity index (χ0) is 13.5. The normalized spacial score (nSPS) is 9.83. The lowest BCUT2D eigenvalue weighted by molar-refractivity contribution is -0.385. The molecule has 0 aliphatic carbocycles. The van der Waals surface area contributed by atoms with Crippen LogP contribution in [0.2, 0.25) is 0 Å². The van der Waals surface area contributed by atoms with E-state index in [-0.39, 0.29) is 30.7 Å². The number of aryl methyl sites for hydroxylation is 1. The van der Waals surface area contributed by atoms with Crippen molar-refractivity contribution in [1.29, 1.82) is 0 Å². The lowest BCUT2D eigenvalue weighted by atomic mass is 10.1. The minimum Gasteiger partial charge on any atom is -0.462 e. The number of esters is 1. The summed E-state index contributed by atoms with van der Waals surface area (Å²) in [6.45, 7) is 1.87. The molecular weight excluding hydrogens is 238 g/mol. The van der Waals surface area contributed by atoms with Gasteiger partial charge >= 0.3 is 5.97 Å². The number of nitrogens with zero attached hydrogens (tertiary/aromatic N) is 1. The highest BCUT2D eigenvalue weighted by Gasteiger charge is 2.17. The molecule has 0 atom stereocenters. The van der Waals surface area contributed by atoms with Gasteiger partial charge in [-0.25, -0.2) is 4.79 Å². The number of nitro benzene ring substituents is 1. The van der Waals surface area contributed by atoms with E-state index in [1.165, 1.54) is 18.2 Å². The molecule has 0 aliphatic heterocycles. The van der Waals surface area contributed by atoms with E-state index in [1.807, 2.05) is 0 Å². The van der Waals surface area contributed by atoms with Crippen LogP contribution in [0.25, 0.3) is 0 Å². The molecule has 0 saturated carbocycles. The average Bonchev–Trinajstić information content (AvgIpc) is 2.36. The van der Waals surface area contributed by atoms with E-state index in [0.29, 0.717) is 11.8 Å². The summed E-state index contributed by atoms with van der Waals surface area (Å²) in [7, 11) is 0. The smallest absolute Gasteiger partial charge is 0.338 e. The molecule has 0 radical (unpaired) electrons. The van der Waals surface area contributed by atoms with Crippen LogP contribution in [-0.2, 0) is 16.0 Å². The number of carbonyl (C=O) groups is 2. The molecule has 18 heavy (non-hydrogen) atoms. The maximum Gasteiger partial charge on any atom is 0.338 e. The van der Waals surface area contributed by atoms with Gasteiger partial charge in [-0.15, -0.1) is 0 Å². The zero-order valence-corrected chi connectivity index (χ0v) is 9.92. The summed E-state index contributed by atoms with van der Waals surface area (Å²) in [6.07, 6.45) is 1.19. The van der Waals surface area contributed by atoms with E-state index in [2.05, 4.69) is 0 Å². The number of aldehydes is 1. The molecule has 0 saturated heterocycles. The Morgan fingerprint density at radius 2 is 2.22 bits per heavy atom. The van der Waals surface area contributed by atoms with Crippen LogP contribution >= 0.6 is 0 Å². The second-order valence-electron chi connectivity index (χ2n) is 3.53. The summed E-state index contributed by atoms with van der Waals surface area (Å²) in [6, 6.07) is 4.12. The van der Waals surface area contributed by atoms with Crippen LogP contribution in [0.15, 0.2) is 18.2 Å². The number of hydrogen-bond donors (Lipinski definition) is 0. The van der Waals surface area contributed by atoms with Crippen LogP contribution in [0, 0.1) is 10.1 Å². The minimum absolute atomic E-state index is 0.137. The van der Waals surface area contributed by atoms with Gasteiger partial charge in [0.1, 0.15) is 6.29 Å². The van der Waals surface area contributed by atoms with Crippen LogP contribution in [-0.4, -0.2) is 23.8 Å². The van der Waals surface area contributed by atoms with E-state index in [1.54, 1.807) is 6.92 Å². The van der Waals surface area contributed by atoms with Crippen LogP contribution in [0.4, 0.5) is 5.69 Å². The first-order valence-electron chi connectivity index (χ1n) is 5.48. The Balaban J connectivity index is 3.06. The van der Waals surface area contributed by atoms with Crippen LogP contribution in [0.3, 0.4) is 0 Å². The number of nitro groups is 1. The Morgan fingerprint density at radius 3 is 2.78 bits per heavy atom. The molecular formula is C12H13NO5. The van der Waals surface area contributed by atoms with Gasteiger partial charge in [-0.1, -0.05) is 6.07 Å². The Bertz CT molecular complexity index is 470. The van der Waals surface area contributed by atoms with Gasteiger partial charge in [-0.05, 0) is 19.4 Å². The van der Waals surface area contributed by atoms with Crippen molar-refractivity contribution in [2.75, 3.05) is 6.61 Å². The van der Waals surface area contributed by atoms with Gasteiger partial charge in [0, 0.05) is 18.1 Å². The van der Waals surface area contributed by atoms with E-state index < -0.39 is 10.9 Å². The molecule has 0 amide bonds. The standard InChI is InChI=1S/C12H13NO5/c1-2-18-12(15)10-6-5-9(4-3-7-14)11(8-10)13(16)17/h5-8H,2-4H2,1H3. The first kappa shape index (κ1) is 13.8. The minimum atomic E-state index is -0.595. The topological polar surface area (TPSA) is 86.5 Å². The predicted octanol–water partition coefficient (Wildman–Crippen LogP) is 1.90. The summed E-state index contributed by atoms with van der Waals surface area (Å²) in [4.78, 5) is 32.0. The highest BCUT2D eigenvalue weighted by molar-refractivity contribution is 5.90. The zero-order valence-electron chi connectivity index (χ0n) is 9.92. The van der Waals surface area contributed by atoms with Gasteiger partial charge < -0.3 is 9.53 Å². The van der Waals surface area contributed by atoms with Gasteiger partial charge in [-0.3, -0.25) is 10.1 Å². The molecule has 1 rings (SSSR count). The Morgan fingerprint density at radius 1 is 1.50 bits per heavy atom. The first-order chi connectivity index (χ1) is 8.60. The largest absolute Gasteiger partial charge is 0.462 e. The van der Waals surface area contributed by atoms with Gasteiger partial charge in [0.05, 0.1) is 17.1 Å². The highest BCUT2D eigenvalue weighted by Crippen LogP contribution is 2.22. The van der Waals surface area contributed by atoms with E-state index in [0.717, 1.165) is 0 Å². The number of hydrogen-bond acceptors (Lipinski definition) is 5. The maximum atomic E-state index is 11.4. The van der Waals surface area contributed by atoms with Crippen molar-refractivity contribution in [2.45, 2.75) is 19.8 Å². The second kappa shape index (κ2) is 6.48. The lowest BCUT2D eigenvalue weighted by Gasteiger charge is -2.04. The molecule has 0 unspecified atom stereocenters. The number of ether oxygens (including phenoxy) is 1. The number of rotatable bonds is 6. The predicted molar refractivity (Wildman–Crippen MR) is 63.4 cm³/mol. The fourth-order valence-electron chi connectivity index (χ4n) is 1.50. The molecule has 0 spiro atoms. The maximum absolute atomic E-state index is 11.4. The lowest BCUT2D eigenvalue weighted by Crippen LogP contribution is -2.06. The Hall–Kier alpha value is -2.24. The second-order valence-corrected chi connectivity index (χ2v) is 3.53. The van der Waals surface area contributed by atoms with Gasteiger partial charge in [-0.2, -0.15) is 0 Å². The molecule has 0 heterocycles. The fraction of sp³-hybridized carbons (Fsp3) is 0.333. The van der Waals surface area contributed by atoms with Crippen LogP contribution in [0.1, 0.15) is 29.3 Å². The van der Waals surface area contributed by atoms with E-state index >= 15 is 0 Å². The summed E-state index contributed by atoms with van der Waals surface area (Å²) in [5.74, 6) is -0.595. The molecule has 0 bridgehead atoms. The Kier molecular flexibility index (Phi) is 4.98. The highest BCUT2D eigenvalue weighted by atomic mass is 16.6. The fourth-order valence-corrected chi connectivity index (χ4v) is 1.50. The summed E-state index contributed by atoms with van der Waals surface area (Å²) >= 11 is 0. The molecule has 96 valence electrons. The van der Waals surface area contributed by atoms with E-state index in [4.69, 9.17) is 4.74 Å². The average molecular weight is 251 g/mol. The van der Waals surface area contributed by atoms with Crippen molar-refractivity contribution in [3.05, 3.63) is 39.4 Å². The quantitative estimate of drug-likeness (QED) is 0.333.